The van der Waals surface area contributed by atoms with E-state index >= 15 is 0 Å². The van der Waals surface area contributed by atoms with Gasteiger partial charge in [-0.2, -0.15) is 0 Å². The lowest BCUT2D eigenvalue weighted by atomic mass is 10.0. The van der Waals surface area contributed by atoms with Crippen LogP contribution in [0, 0.1) is 0 Å². The Labute approximate surface area is 160 Å². The van der Waals surface area contributed by atoms with Gasteiger partial charge < -0.3 is 9.64 Å². The van der Waals surface area contributed by atoms with Crippen LogP contribution in [0.2, 0.25) is 5.02 Å². The van der Waals surface area contributed by atoms with Gasteiger partial charge in [0.05, 0.1) is 11.0 Å². The van der Waals surface area contributed by atoms with E-state index in [0.29, 0.717) is 37.6 Å². The van der Waals surface area contributed by atoms with Gasteiger partial charge in [-0.15, -0.1) is 0 Å². The molecule has 1 aromatic rings. The second-order valence-electron chi connectivity index (χ2n) is 7.14. The van der Waals surface area contributed by atoms with Gasteiger partial charge >= 0.3 is 0 Å². The number of sulfone groups is 1. The number of nitrogens with zero attached hydrogens (tertiary/aromatic N) is 1. The maximum atomic E-state index is 13.4. The third kappa shape index (κ3) is 3.51. The van der Waals surface area contributed by atoms with E-state index in [-0.39, 0.29) is 16.9 Å². The molecule has 0 N–H and O–H groups in total. The molecule has 3 rings (SSSR count). The molecule has 0 bridgehead atoms. The summed E-state index contributed by atoms with van der Waals surface area (Å²) in [5, 5.41) is 0.476. The third-order valence-corrected chi connectivity index (χ3v) is 8.31. The molecule has 1 aliphatic heterocycles. The molecule has 0 aromatic heterocycles. The summed E-state index contributed by atoms with van der Waals surface area (Å²) in [6.07, 6.45) is 4.16. The van der Waals surface area contributed by atoms with Crippen molar-refractivity contribution >= 4 is 27.3 Å². The van der Waals surface area contributed by atoms with E-state index in [1.54, 1.807) is 17.0 Å². The van der Waals surface area contributed by atoms with E-state index in [1.807, 2.05) is 6.92 Å². The van der Waals surface area contributed by atoms with Crippen LogP contribution in [0.4, 0.5) is 0 Å². The molecule has 5 nitrogen and oxygen atoms in total. The topological polar surface area (TPSA) is 63.7 Å². The minimum absolute atomic E-state index is 0.00980. The predicted molar refractivity (Wildman–Crippen MR) is 101 cm³/mol. The predicted octanol–water partition coefficient (Wildman–Crippen LogP) is 3.45. The second-order valence-corrected chi connectivity index (χ2v) is 9.83. The van der Waals surface area contributed by atoms with Crippen molar-refractivity contribution < 1.29 is 17.9 Å². The number of halogens is 1. The summed E-state index contributed by atoms with van der Waals surface area (Å²) >= 11 is 5.90. The number of hydrogen-bond donors (Lipinski definition) is 0. The van der Waals surface area contributed by atoms with Gasteiger partial charge in [0, 0.05) is 24.7 Å². The zero-order chi connectivity index (χ0) is 18.8. The molecule has 1 saturated carbocycles. The monoisotopic (exact) mass is 399 g/mol. The highest BCUT2D eigenvalue weighted by Gasteiger charge is 2.54. The van der Waals surface area contributed by atoms with Gasteiger partial charge in [0.2, 0.25) is 5.91 Å². The first kappa shape index (κ1) is 19.6. The Bertz CT molecular complexity index is 735. The first-order valence-electron chi connectivity index (χ1n) is 9.32. The maximum absolute atomic E-state index is 13.4. The molecule has 1 saturated heterocycles. The smallest absolute Gasteiger partial charge is 0.244 e. The van der Waals surface area contributed by atoms with Gasteiger partial charge in [0.1, 0.15) is 0 Å². The SMILES string of the molecule is CCN(CC1CCCO1)C(=O)C1(S(=O)(=O)c2ccc(Cl)cc2)CCCC1. The highest BCUT2D eigenvalue weighted by Crippen LogP contribution is 2.42. The third-order valence-electron chi connectivity index (χ3n) is 5.56. The molecule has 7 heteroatoms. The van der Waals surface area contributed by atoms with Crippen LogP contribution in [0.3, 0.4) is 0 Å². The zero-order valence-electron chi connectivity index (χ0n) is 15.1. The molecular weight excluding hydrogens is 374 g/mol. The molecule has 0 radical (unpaired) electrons. The van der Waals surface area contributed by atoms with E-state index in [0.717, 1.165) is 25.7 Å². The molecule has 0 spiro atoms. The zero-order valence-corrected chi connectivity index (χ0v) is 16.7. The number of carbonyl (C=O) groups excluding carboxylic acids is 1. The molecule has 2 aliphatic rings. The lowest BCUT2D eigenvalue weighted by Gasteiger charge is -2.34. The molecule has 2 fully saturated rings. The highest BCUT2D eigenvalue weighted by molar-refractivity contribution is 7.93. The van der Waals surface area contributed by atoms with E-state index < -0.39 is 14.6 Å². The van der Waals surface area contributed by atoms with Crippen molar-refractivity contribution in [1.29, 1.82) is 0 Å². The Hall–Kier alpha value is -1.11. The second kappa shape index (κ2) is 7.87. The number of carbonyl (C=O) groups is 1. The quantitative estimate of drug-likeness (QED) is 0.734. The minimum Gasteiger partial charge on any atom is -0.376 e. The number of likely N-dealkylation sites (N-methyl/N-ethyl adjacent to an activating group) is 1. The van der Waals surface area contributed by atoms with Crippen molar-refractivity contribution in [3.05, 3.63) is 29.3 Å². The summed E-state index contributed by atoms with van der Waals surface area (Å²) in [6.45, 7) is 3.55. The van der Waals surface area contributed by atoms with Crippen LogP contribution in [-0.4, -0.2) is 49.8 Å². The molecular formula is C19H26ClNO4S. The van der Waals surface area contributed by atoms with Crippen molar-refractivity contribution in [3.63, 3.8) is 0 Å². The fourth-order valence-corrected chi connectivity index (χ4v) is 6.32. The fourth-order valence-electron chi connectivity index (χ4n) is 4.06. The van der Waals surface area contributed by atoms with Crippen LogP contribution < -0.4 is 0 Å². The number of benzene rings is 1. The summed E-state index contributed by atoms with van der Waals surface area (Å²) in [5.41, 5.74) is 0. The van der Waals surface area contributed by atoms with Crippen LogP contribution in [0.15, 0.2) is 29.2 Å². The average Bonchev–Trinajstić information content (AvgIpc) is 3.32. The lowest BCUT2D eigenvalue weighted by molar-refractivity contribution is -0.135. The normalized spacial score (nSPS) is 22.5. The number of rotatable bonds is 6. The Morgan fingerprint density at radius 1 is 1.23 bits per heavy atom. The Morgan fingerprint density at radius 3 is 2.42 bits per heavy atom. The maximum Gasteiger partial charge on any atom is 0.244 e. The van der Waals surface area contributed by atoms with Crippen LogP contribution in [0.25, 0.3) is 0 Å². The molecule has 1 aromatic carbocycles. The van der Waals surface area contributed by atoms with Crippen LogP contribution in [-0.2, 0) is 19.4 Å². The van der Waals surface area contributed by atoms with E-state index in [2.05, 4.69) is 0 Å². The number of ether oxygens (including phenoxy) is 1. The molecule has 144 valence electrons. The van der Waals surface area contributed by atoms with Crippen molar-refractivity contribution in [2.75, 3.05) is 19.7 Å². The average molecular weight is 400 g/mol. The molecule has 1 atom stereocenters. The van der Waals surface area contributed by atoms with Crippen molar-refractivity contribution in [1.82, 2.24) is 4.90 Å². The molecule has 1 amide bonds. The van der Waals surface area contributed by atoms with E-state index in [9.17, 15) is 13.2 Å². The van der Waals surface area contributed by atoms with Crippen LogP contribution in [0.5, 0.6) is 0 Å². The highest BCUT2D eigenvalue weighted by atomic mass is 35.5. The molecule has 1 unspecified atom stereocenters. The number of hydrogen-bond acceptors (Lipinski definition) is 4. The first-order chi connectivity index (χ1) is 12.4. The van der Waals surface area contributed by atoms with Crippen molar-refractivity contribution in [2.24, 2.45) is 0 Å². The van der Waals surface area contributed by atoms with Crippen molar-refractivity contribution in [3.8, 4) is 0 Å². The van der Waals surface area contributed by atoms with Crippen molar-refractivity contribution in [2.45, 2.75) is 61.2 Å². The standard InChI is InChI=1S/C19H26ClNO4S/c1-2-21(14-16-6-5-13-25-16)18(22)19(11-3-4-12-19)26(23,24)17-9-7-15(20)8-10-17/h7-10,16H,2-6,11-14H2,1H3. The van der Waals surface area contributed by atoms with Gasteiger partial charge in [0.15, 0.2) is 14.6 Å². The lowest BCUT2D eigenvalue weighted by Crippen LogP contribution is -2.53. The fraction of sp³-hybridized carbons (Fsp3) is 0.632. The molecule has 1 heterocycles. The Morgan fingerprint density at radius 2 is 1.88 bits per heavy atom. The van der Waals surface area contributed by atoms with Gasteiger partial charge in [-0.1, -0.05) is 24.4 Å². The summed E-state index contributed by atoms with van der Waals surface area (Å²) in [6, 6.07) is 6.12. The molecule has 1 aliphatic carbocycles. The minimum atomic E-state index is -3.80. The summed E-state index contributed by atoms with van der Waals surface area (Å²) in [7, 11) is -3.80. The number of amides is 1. The molecule has 26 heavy (non-hydrogen) atoms. The largest absolute Gasteiger partial charge is 0.376 e. The summed E-state index contributed by atoms with van der Waals surface area (Å²) in [4.78, 5) is 15.3. The van der Waals surface area contributed by atoms with Crippen LogP contribution in [0.1, 0.15) is 45.4 Å². The first-order valence-corrected chi connectivity index (χ1v) is 11.2. The summed E-state index contributed by atoms with van der Waals surface area (Å²) in [5.74, 6) is -0.275. The van der Waals surface area contributed by atoms with Gasteiger partial charge in [-0.25, -0.2) is 8.42 Å². The van der Waals surface area contributed by atoms with E-state index in [1.165, 1.54) is 12.1 Å². The van der Waals surface area contributed by atoms with Gasteiger partial charge in [0.25, 0.3) is 0 Å². The summed E-state index contributed by atoms with van der Waals surface area (Å²) < 4.78 is 31.2. The van der Waals surface area contributed by atoms with Crippen LogP contribution >= 0.6 is 11.6 Å². The van der Waals surface area contributed by atoms with E-state index in [4.69, 9.17) is 16.3 Å². The van der Waals surface area contributed by atoms with Gasteiger partial charge in [-0.05, 0) is 56.9 Å². The Balaban J connectivity index is 1.93. The van der Waals surface area contributed by atoms with Gasteiger partial charge in [-0.3, -0.25) is 4.79 Å². The Kier molecular flexibility index (Phi) is 5.94.